The Bertz CT molecular complexity index is 2410. The maximum absolute atomic E-state index is 5.69. The van der Waals surface area contributed by atoms with E-state index in [-0.39, 0.29) is 12.1 Å². The lowest BCUT2D eigenvalue weighted by Crippen LogP contribution is -2.61. The Morgan fingerprint density at radius 1 is 0.565 bits per heavy atom. The first-order chi connectivity index (χ1) is 22.5. The highest BCUT2D eigenvalue weighted by molar-refractivity contribution is 7.99. The Balaban J connectivity index is 1.45. The van der Waals surface area contributed by atoms with Gasteiger partial charge in [-0.15, -0.1) is 0 Å². The van der Waals surface area contributed by atoms with Crippen molar-refractivity contribution in [3.8, 4) is 0 Å². The molecule has 0 aliphatic carbocycles. The van der Waals surface area contributed by atoms with Crippen LogP contribution >= 0.6 is 11.8 Å². The second-order valence-electron chi connectivity index (χ2n) is 13.6. The molecule has 218 valence electrons. The van der Waals surface area contributed by atoms with Crippen molar-refractivity contribution in [2.45, 2.75) is 36.0 Å². The van der Waals surface area contributed by atoms with E-state index in [4.69, 9.17) is 4.98 Å². The van der Waals surface area contributed by atoms with Crippen LogP contribution in [-0.2, 0) is 5.41 Å². The fraction of sp³-hybridized carbons (Fsp3) is 0.0976. The van der Waals surface area contributed by atoms with Gasteiger partial charge in [-0.1, -0.05) is 117 Å². The first kappa shape index (κ1) is 26.2. The van der Waals surface area contributed by atoms with Gasteiger partial charge >= 0.3 is 0 Å². The molecule has 0 unspecified atom stereocenters. The molecule has 5 heteroatoms. The summed E-state index contributed by atoms with van der Waals surface area (Å²) in [5.74, 6) is 0. The summed E-state index contributed by atoms with van der Waals surface area (Å²) >= 11 is 1.88. The third kappa shape index (κ3) is 3.44. The molecule has 0 bridgehead atoms. The van der Waals surface area contributed by atoms with Crippen molar-refractivity contribution >= 4 is 90.7 Å². The van der Waals surface area contributed by atoms with Gasteiger partial charge in [-0.25, -0.2) is 4.98 Å². The molecule has 4 heterocycles. The summed E-state index contributed by atoms with van der Waals surface area (Å²) in [6.45, 7) is 6.93. The minimum absolute atomic E-state index is 0.0778. The second kappa shape index (κ2) is 9.28. The molecule has 0 saturated heterocycles. The predicted molar refractivity (Wildman–Crippen MR) is 196 cm³/mol. The molecule has 6 aromatic carbocycles. The van der Waals surface area contributed by atoms with E-state index < -0.39 is 0 Å². The Kier molecular flexibility index (Phi) is 5.29. The predicted octanol–water partition coefficient (Wildman–Crippen LogP) is 9.23. The monoisotopic (exact) mass is 607 g/mol. The maximum Gasteiger partial charge on any atom is 0.252 e. The van der Waals surface area contributed by atoms with E-state index in [1.165, 1.54) is 70.8 Å². The van der Waals surface area contributed by atoms with E-state index in [1.807, 2.05) is 11.8 Å². The molecular formula is C41H30BN3S. The zero-order valence-corrected chi connectivity index (χ0v) is 26.8. The lowest BCUT2D eigenvalue weighted by molar-refractivity contribution is 0.578. The highest BCUT2D eigenvalue weighted by atomic mass is 32.2. The van der Waals surface area contributed by atoms with Gasteiger partial charge in [-0.3, -0.25) is 0 Å². The highest BCUT2D eigenvalue weighted by Crippen LogP contribution is 2.54. The van der Waals surface area contributed by atoms with Crippen molar-refractivity contribution in [2.24, 2.45) is 0 Å². The van der Waals surface area contributed by atoms with E-state index in [2.05, 4.69) is 158 Å². The van der Waals surface area contributed by atoms with Crippen LogP contribution in [0.4, 0.5) is 34.1 Å². The van der Waals surface area contributed by atoms with E-state index in [0.29, 0.717) is 0 Å². The maximum atomic E-state index is 5.69. The second-order valence-corrected chi connectivity index (χ2v) is 14.7. The van der Waals surface area contributed by atoms with Gasteiger partial charge < -0.3 is 9.80 Å². The molecule has 0 fully saturated rings. The number of anilines is 6. The SMILES string of the molecule is CC(C)(C)c1nc2c3c4c(cc2c2ccccc12)N1c2ccccc2Sc2cccc(c21)B4c1ccccc1N3c1ccccc1. The Morgan fingerprint density at radius 2 is 1.24 bits per heavy atom. The molecule has 3 aliphatic heterocycles. The van der Waals surface area contributed by atoms with Crippen LogP contribution in [0.25, 0.3) is 21.7 Å². The molecule has 46 heavy (non-hydrogen) atoms. The van der Waals surface area contributed by atoms with Crippen LogP contribution in [0.1, 0.15) is 26.5 Å². The number of pyridine rings is 1. The van der Waals surface area contributed by atoms with Crippen molar-refractivity contribution in [3.63, 3.8) is 0 Å². The van der Waals surface area contributed by atoms with Crippen LogP contribution in [0.5, 0.6) is 0 Å². The number of rotatable bonds is 1. The van der Waals surface area contributed by atoms with Crippen LogP contribution in [0, 0.1) is 0 Å². The summed E-state index contributed by atoms with van der Waals surface area (Å²) in [6.07, 6.45) is 0. The molecule has 0 spiro atoms. The number of hydrogen-bond donors (Lipinski definition) is 0. The van der Waals surface area contributed by atoms with E-state index >= 15 is 0 Å². The van der Waals surface area contributed by atoms with E-state index in [9.17, 15) is 0 Å². The van der Waals surface area contributed by atoms with Crippen LogP contribution in [0.2, 0.25) is 0 Å². The van der Waals surface area contributed by atoms with Gasteiger partial charge in [0.25, 0.3) is 6.71 Å². The molecule has 3 nitrogen and oxygen atoms in total. The average molecular weight is 608 g/mol. The number of fused-ring (bicyclic) bond motifs is 10. The van der Waals surface area contributed by atoms with Crippen molar-refractivity contribution in [3.05, 3.63) is 133 Å². The number of hydrogen-bond acceptors (Lipinski definition) is 4. The zero-order chi connectivity index (χ0) is 30.7. The van der Waals surface area contributed by atoms with Gasteiger partial charge in [0.05, 0.1) is 28.3 Å². The van der Waals surface area contributed by atoms with Crippen molar-refractivity contribution < 1.29 is 0 Å². The zero-order valence-electron chi connectivity index (χ0n) is 26.0. The average Bonchev–Trinajstić information content (AvgIpc) is 3.08. The Morgan fingerprint density at radius 3 is 2.07 bits per heavy atom. The molecule has 7 aromatic rings. The number of aromatic nitrogens is 1. The fourth-order valence-electron chi connectivity index (χ4n) is 8.03. The molecule has 0 N–H and O–H groups in total. The molecular weight excluding hydrogens is 577 g/mol. The molecule has 0 amide bonds. The van der Waals surface area contributed by atoms with Crippen LogP contribution in [-0.4, -0.2) is 11.7 Å². The summed E-state index contributed by atoms with van der Waals surface area (Å²) in [5, 5.41) is 3.66. The summed E-state index contributed by atoms with van der Waals surface area (Å²) in [4.78, 5) is 13.3. The van der Waals surface area contributed by atoms with Gasteiger partial charge in [0.2, 0.25) is 0 Å². The highest BCUT2D eigenvalue weighted by Gasteiger charge is 2.46. The first-order valence-electron chi connectivity index (χ1n) is 16.0. The summed E-state index contributed by atoms with van der Waals surface area (Å²) < 4.78 is 0. The van der Waals surface area contributed by atoms with E-state index in [0.717, 1.165) is 16.9 Å². The fourth-order valence-corrected chi connectivity index (χ4v) is 9.13. The normalized spacial score (nSPS) is 14.2. The summed E-state index contributed by atoms with van der Waals surface area (Å²) in [5.41, 5.74) is 13.4. The van der Waals surface area contributed by atoms with Crippen molar-refractivity contribution in [2.75, 3.05) is 9.80 Å². The lowest BCUT2D eigenvalue weighted by atomic mass is 9.33. The van der Waals surface area contributed by atoms with Crippen molar-refractivity contribution in [1.82, 2.24) is 4.98 Å². The molecule has 0 radical (unpaired) electrons. The van der Waals surface area contributed by atoms with Crippen molar-refractivity contribution in [1.29, 1.82) is 0 Å². The van der Waals surface area contributed by atoms with Crippen LogP contribution in [0.3, 0.4) is 0 Å². The van der Waals surface area contributed by atoms with E-state index in [1.54, 1.807) is 0 Å². The van der Waals surface area contributed by atoms with Crippen LogP contribution < -0.4 is 26.2 Å². The molecule has 0 atom stereocenters. The number of benzene rings is 6. The Labute approximate surface area is 273 Å². The topological polar surface area (TPSA) is 19.4 Å². The van der Waals surface area contributed by atoms with Gasteiger partial charge in [0, 0.05) is 43.0 Å². The number of para-hydroxylation sites is 4. The molecule has 10 rings (SSSR count). The molecule has 1 aromatic heterocycles. The minimum Gasteiger partial charge on any atom is -0.309 e. The Hall–Kier alpha value is -5.00. The van der Waals surface area contributed by atoms with Gasteiger partial charge in [-0.05, 0) is 64.2 Å². The summed E-state index contributed by atoms with van der Waals surface area (Å²) in [6, 6.07) is 46.9. The third-order valence-corrected chi connectivity index (χ3v) is 11.0. The molecule has 0 saturated carbocycles. The third-order valence-electron chi connectivity index (χ3n) is 9.85. The van der Waals surface area contributed by atoms with Crippen LogP contribution in [0.15, 0.2) is 137 Å². The van der Waals surface area contributed by atoms with Gasteiger partial charge in [0.15, 0.2) is 0 Å². The number of nitrogens with zero attached hydrogens (tertiary/aromatic N) is 3. The largest absolute Gasteiger partial charge is 0.309 e. The standard InChI is InChI=1S/C41H30BN3S/c1-41(2,3)40-27-17-8-7-16-26(27)28-24-33-36-39(37(28)43-40)44(25-14-5-4-6-15-25)31-20-10-9-18-29(31)42(36)30-19-13-23-35-38(30)45(33)32-21-11-12-22-34(32)46-35/h4-24H,1-3H3. The quantitative estimate of drug-likeness (QED) is 0.137. The van der Waals surface area contributed by atoms with Gasteiger partial charge in [0.1, 0.15) is 0 Å². The minimum atomic E-state index is -0.134. The first-order valence-corrected chi connectivity index (χ1v) is 16.8. The summed E-state index contributed by atoms with van der Waals surface area (Å²) in [7, 11) is 0. The smallest absolute Gasteiger partial charge is 0.252 e. The molecule has 3 aliphatic rings. The lowest BCUT2D eigenvalue weighted by Gasteiger charge is -2.46. The van der Waals surface area contributed by atoms with Gasteiger partial charge in [-0.2, -0.15) is 0 Å².